The van der Waals surface area contributed by atoms with Crippen LogP contribution in [-0.4, -0.2) is 40.1 Å². The van der Waals surface area contributed by atoms with Crippen molar-refractivity contribution in [1.82, 2.24) is 10.3 Å². The van der Waals surface area contributed by atoms with Gasteiger partial charge in [-0.05, 0) is 54.0 Å². The van der Waals surface area contributed by atoms with Crippen LogP contribution in [0.1, 0.15) is 64.7 Å². The van der Waals surface area contributed by atoms with Gasteiger partial charge in [0, 0.05) is 18.8 Å². The van der Waals surface area contributed by atoms with E-state index in [2.05, 4.69) is 10.3 Å². The Morgan fingerprint density at radius 3 is 2.22 bits per heavy atom. The van der Waals surface area contributed by atoms with Crippen LogP contribution in [0.5, 0.6) is 0 Å². The van der Waals surface area contributed by atoms with Crippen LogP contribution >= 0.6 is 11.6 Å². The van der Waals surface area contributed by atoms with Crippen LogP contribution in [-0.2, 0) is 14.3 Å². The lowest BCUT2D eigenvalue weighted by Crippen LogP contribution is -2.46. The van der Waals surface area contributed by atoms with Gasteiger partial charge in [-0.15, -0.1) is 0 Å². The number of ether oxygens (including phenoxy) is 2. The molecule has 7 nitrogen and oxygen atoms in total. The standard InChI is InChI=1S/C19H27ClN2O5/c1-18(2,3)26-16(24)14(22-17(25)27-19(4,5)6)7-8-15(23)12-11-21-10-9-13(12)20/h9-11,14H,7-8H2,1-6H3,(H,22,25)/t14-/m0/s1. The number of esters is 1. The third kappa shape index (κ3) is 8.86. The van der Waals surface area contributed by atoms with Crippen molar-refractivity contribution >= 4 is 29.4 Å². The van der Waals surface area contributed by atoms with Crippen LogP contribution < -0.4 is 5.32 Å². The molecule has 27 heavy (non-hydrogen) atoms. The van der Waals surface area contributed by atoms with E-state index in [1.54, 1.807) is 41.5 Å². The summed E-state index contributed by atoms with van der Waals surface area (Å²) in [6.07, 6.45) is 2.11. The number of aromatic nitrogens is 1. The average Bonchev–Trinajstić information content (AvgIpc) is 2.47. The van der Waals surface area contributed by atoms with E-state index in [-0.39, 0.29) is 29.2 Å². The Morgan fingerprint density at radius 2 is 1.70 bits per heavy atom. The van der Waals surface area contributed by atoms with Gasteiger partial charge in [-0.1, -0.05) is 11.6 Å². The van der Waals surface area contributed by atoms with Gasteiger partial charge < -0.3 is 14.8 Å². The van der Waals surface area contributed by atoms with E-state index in [0.29, 0.717) is 0 Å². The summed E-state index contributed by atoms with van der Waals surface area (Å²) in [7, 11) is 0. The first kappa shape index (κ1) is 22.9. The first-order valence-corrected chi connectivity index (χ1v) is 9.01. The summed E-state index contributed by atoms with van der Waals surface area (Å²) < 4.78 is 10.5. The van der Waals surface area contributed by atoms with Crippen LogP contribution in [0.15, 0.2) is 18.5 Å². The van der Waals surface area contributed by atoms with Crippen LogP contribution in [0.2, 0.25) is 5.02 Å². The molecule has 0 radical (unpaired) electrons. The van der Waals surface area contributed by atoms with E-state index in [9.17, 15) is 14.4 Å². The van der Waals surface area contributed by atoms with E-state index in [0.717, 1.165) is 0 Å². The Bertz CT molecular complexity index is 692. The molecule has 0 aliphatic carbocycles. The molecule has 8 heteroatoms. The second-order valence-electron chi connectivity index (χ2n) is 8.05. The van der Waals surface area contributed by atoms with Gasteiger partial charge in [-0.3, -0.25) is 9.78 Å². The molecule has 0 saturated carbocycles. The number of Topliss-reactive ketones (excluding diaryl/α,β-unsaturated/α-hetero) is 1. The molecule has 0 saturated heterocycles. The van der Waals surface area contributed by atoms with Crippen LogP contribution in [0.4, 0.5) is 4.79 Å². The fraction of sp³-hybridized carbons (Fsp3) is 0.579. The SMILES string of the molecule is CC(C)(C)OC(=O)N[C@@H](CCC(=O)c1cnccc1Cl)C(=O)OC(C)(C)C. The van der Waals surface area contributed by atoms with Gasteiger partial charge in [0.05, 0.1) is 10.6 Å². The average molecular weight is 399 g/mol. The Hall–Kier alpha value is -2.15. The molecule has 0 bridgehead atoms. The van der Waals surface area contributed by atoms with Gasteiger partial charge >= 0.3 is 12.1 Å². The predicted molar refractivity (Wildman–Crippen MR) is 102 cm³/mol. The summed E-state index contributed by atoms with van der Waals surface area (Å²) in [4.78, 5) is 40.7. The molecule has 150 valence electrons. The Morgan fingerprint density at radius 1 is 1.11 bits per heavy atom. The van der Waals surface area contributed by atoms with Crippen molar-refractivity contribution in [2.24, 2.45) is 0 Å². The lowest BCUT2D eigenvalue weighted by atomic mass is 10.0. The van der Waals surface area contributed by atoms with Gasteiger partial charge in [0.25, 0.3) is 0 Å². The van der Waals surface area contributed by atoms with Crippen molar-refractivity contribution in [2.45, 2.75) is 71.6 Å². The first-order valence-electron chi connectivity index (χ1n) is 8.63. The van der Waals surface area contributed by atoms with Crippen LogP contribution in [0.25, 0.3) is 0 Å². The minimum atomic E-state index is -1.03. The highest BCUT2D eigenvalue weighted by Gasteiger charge is 2.29. The largest absolute Gasteiger partial charge is 0.458 e. The molecule has 0 aliphatic rings. The highest BCUT2D eigenvalue weighted by Crippen LogP contribution is 2.18. The monoisotopic (exact) mass is 398 g/mol. The highest BCUT2D eigenvalue weighted by molar-refractivity contribution is 6.33. The summed E-state index contributed by atoms with van der Waals surface area (Å²) in [6, 6.07) is 0.484. The second kappa shape index (κ2) is 9.17. The lowest BCUT2D eigenvalue weighted by molar-refractivity contribution is -0.157. The van der Waals surface area contributed by atoms with Gasteiger partial charge in [-0.25, -0.2) is 9.59 Å². The summed E-state index contributed by atoms with van der Waals surface area (Å²) >= 11 is 6.00. The first-order chi connectivity index (χ1) is 12.3. The Balaban J connectivity index is 2.84. The zero-order chi connectivity index (χ0) is 20.8. The smallest absolute Gasteiger partial charge is 0.408 e. The molecule has 1 aromatic heterocycles. The highest BCUT2D eigenvalue weighted by atomic mass is 35.5. The molecule has 1 aromatic rings. The molecule has 1 atom stereocenters. The number of amides is 1. The fourth-order valence-corrected chi connectivity index (χ4v) is 2.27. The second-order valence-corrected chi connectivity index (χ2v) is 8.46. The summed E-state index contributed by atoms with van der Waals surface area (Å²) in [5.74, 6) is -0.925. The maximum atomic E-state index is 12.4. The van der Waals surface area contributed by atoms with Crippen molar-refractivity contribution in [3.05, 3.63) is 29.0 Å². The van der Waals surface area contributed by atoms with Gasteiger partial charge in [0.2, 0.25) is 0 Å². The minimum Gasteiger partial charge on any atom is -0.458 e. The molecule has 0 aromatic carbocycles. The van der Waals surface area contributed by atoms with E-state index < -0.39 is 29.3 Å². The maximum absolute atomic E-state index is 12.4. The zero-order valence-corrected chi connectivity index (χ0v) is 17.3. The Labute approximate surface area is 164 Å². The number of pyridine rings is 1. The molecule has 0 fully saturated rings. The number of ketones is 1. The van der Waals surface area contributed by atoms with E-state index in [1.165, 1.54) is 18.5 Å². The van der Waals surface area contributed by atoms with E-state index in [4.69, 9.17) is 21.1 Å². The van der Waals surface area contributed by atoms with Gasteiger partial charge in [0.1, 0.15) is 17.2 Å². The van der Waals surface area contributed by atoms with Crippen molar-refractivity contribution in [1.29, 1.82) is 0 Å². The number of carbonyl (C=O) groups excluding carboxylic acids is 3. The zero-order valence-electron chi connectivity index (χ0n) is 16.6. The topological polar surface area (TPSA) is 94.6 Å². The summed E-state index contributed by atoms with van der Waals surface area (Å²) in [5, 5.41) is 2.76. The number of carbonyl (C=O) groups is 3. The Kier molecular flexibility index (Phi) is 7.77. The normalized spacial score (nSPS) is 12.9. The molecule has 1 amide bonds. The van der Waals surface area contributed by atoms with Crippen molar-refractivity contribution in [3.8, 4) is 0 Å². The van der Waals surface area contributed by atoms with Gasteiger partial charge in [0.15, 0.2) is 5.78 Å². The van der Waals surface area contributed by atoms with Crippen molar-refractivity contribution < 1.29 is 23.9 Å². The summed E-state index contributed by atoms with van der Waals surface area (Å²) in [5.41, 5.74) is -1.19. The quantitative estimate of drug-likeness (QED) is 0.576. The number of hydrogen-bond acceptors (Lipinski definition) is 6. The number of nitrogens with one attached hydrogen (secondary N) is 1. The number of halogens is 1. The molecule has 0 spiro atoms. The number of hydrogen-bond donors (Lipinski definition) is 1. The minimum absolute atomic E-state index is 0.0227. The van der Waals surface area contributed by atoms with Crippen LogP contribution in [0.3, 0.4) is 0 Å². The van der Waals surface area contributed by atoms with E-state index in [1.807, 2.05) is 0 Å². The van der Waals surface area contributed by atoms with Crippen molar-refractivity contribution in [3.63, 3.8) is 0 Å². The molecule has 1 rings (SSSR count). The number of nitrogens with zero attached hydrogens (tertiary/aromatic N) is 1. The van der Waals surface area contributed by atoms with Crippen LogP contribution in [0, 0.1) is 0 Å². The summed E-state index contributed by atoms with van der Waals surface area (Å²) in [6.45, 7) is 10.3. The maximum Gasteiger partial charge on any atom is 0.408 e. The third-order valence-corrected chi connectivity index (χ3v) is 3.44. The molecule has 0 unspecified atom stereocenters. The lowest BCUT2D eigenvalue weighted by Gasteiger charge is -2.26. The van der Waals surface area contributed by atoms with E-state index >= 15 is 0 Å². The number of alkyl carbamates (subject to hydrolysis) is 1. The predicted octanol–water partition coefficient (Wildman–Crippen LogP) is 3.93. The van der Waals surface area contributed by atoms with Crippen molar-refractivity contribution in [2.75, 3.05) is 0 Å². The molecule has 1 N–H and O–H groups in total. The third-order valence-electron chi connectivity index (χ3n) is 3.11. The molecule has 1 heterocycles. The molecule has 0 aliphatic heterocycles. The number of rotatable bonds is 6. The van der Waals surface area contributed by atoms with Gasteiger partial charge in [-0.2, -0.15) is 0 Å². The fourth-order valence-electron chi connectivity index (χ4n) is 2.06. The molecular formula is C19H27ClN2O5. The molecular weight excluding hydrogens is 372 g/mol.